The van der Waals surface area contributed by atoms with Crippen LogP contribution in [-0.4, -0.2) is 12.0 Å². The lowest BCUT2D eigenvalue weighted by molar-refractivity contribution is 0.504. The van der Waals surface area contributed by atoms with E-state index in [-0.39, 0.29) is 5.41 Å². The van der Waals surface area contributed by atoms with E-state index in [2.05, 4.69) is 64.9 Å². The lowest BCUT2D eigenvalue weighted by atomic mass is 9.76. The summed E-state index contributed by atoms with van der Waals surface area (Å²) in [4.78, 5) is 4.59. The molecule has 1 atom stereocenters. The van der Waals surface area contributed by atoms with E-state index in [1.807, 2.05) is 0 Å². The fourth-order valence-electron chi connectivity index (χ4n) is 2.50. The van der Waals surface area contributed by atoms with Crippen molar-refractivity contribution >= 4 is 40.5 Å². The normalized spacial score (nSPS) is 21.8. The highest BCUT2D eigenvalue weighted by Gasteiger charge is 2.35. The van der Waals surface area contributed by atoms with Gasteiger partial charge in [0.05, 0.1) is 5.69 Å². The first kappa shape index (κ1) is 13.2. The van der Waals surface area contributed by atoms with Crippen LogP contribution in [0.5, 0.6) is 0 Å². The van der Waals surface area contributed by atoms with E-state index in [0.29, 0.717) is 0 Å². The van der Waals surface area contributed by atoms with Gasteiger partial charge in [-0.2, -0.15) is 12.6 Å². The van der Waals surface area contributed by atoms with Crippen molar-refractivity contribution < 1.29 is 0 Å². The van der Waals surface area contributed by atoms with Crippen molar-refractivity contribution in [1.29, 1.82) is 0 Å². The Bertz CT molecular complexity index is 430. The second-order valence-electron chi connectivity index (χ2n) is 4.65. The first-order chi connectivity index (χ1) is 8.22. The minimum Gasteiger partial charge on any atom is -0.260 e. The SMILES string of the molecule is CCCCC1(CCS)C=Nc2ccc(Br)cc21. The van der Waals surface area contributed by atoms with Gasteiger partial charge in [0.15, 0.2) is 0 Å². The number of benzene rings is 1. The predicted octanol–water partition coefficient (Wildman–Crippen LogP) is 4.91. The molecule has 1 aliphatic rings. The third-order valence-electron chi connectivity index (χ3n) is 3.48. The maximum atomic E-state index is 4.59. The van der Waals surface area contributed by atoms with Crippen LogP contribution >= 0.6 is 28.6 Å². The summed E-state index contributed by atoms with van der Waals surface area (Å²) in [6.45, 7) is 2.24. The van der Waals surface area contributed by atoms with Crippen molar-refractivity contribution in [1.82, 2.24) is 0 Å². The monoisotopic (exact) mass is 311 g/mol. The summed E-state index contributed by atoms with van der Waals surface area (Å²) in [5, 5.41) is 0. The summed E-state index contributed by atoms with van der Waals surface area (Å²) in [7, 11) is 0. The molecule has 0 aromatic heterocycles. The van der Waals surface area contributed by atoms with Gasteiger partial charge in [-0.1, -0.05) is 35.7 Å². The number of hydrogen-bond acceptors (Lipinski definition) is 2. The Hall–Kier alpha value is -0.280. The number of nitrogens with zero attached hydrogens (tertiary/aromatic N) is 1. The molecule has 0 amide bonds. The average molecular weight is 312 g/mol. The van der Waals surface area contributed by atoms with Gasteiger partial charge in [0, 0.05) is 16.1 Å². The summed E-state index contributed by atoms with van der Waals surface area (Å²) in [5.74, 6) is 0.904. The second-order valence-corrected chi connectivity index (χ2v) is 6.02. The lowest BCUT2D eigenvalue weighted by Gasteiger charge is -2.27. The fraction of sp³-hybridized carbons (Fsp3) is 0.500. The largest absolute Gasteiger partial charge is 0.260 e. The molecule has 0 saturated heterocycles. The molecule has 1 heterocycles. The number of hydrogen-bond donors (Lipinski definition) is 1. The molecule has 0 aliphatic carbocycles. The van der Waals surface area contributed by atoms with E-state index in [4.69, 9.17) is 0 Å². The van der Waals surface area contributed by atoms with Gasteiger partial charge in [-0.3, -0.25) is 4.99 Å². The van der Waals surface area contributed by atoms with Gasteiger partial charge in [-0.25, -0.2) is 0 Å². The Labute approximate surface area is 117 Å². The quantitative estimate of drug-likeness (QED) is 0.742. The Morgan fingerprint density at radius 1 is 1.35 bits per heavy atom. The van der Waals surface area contributed by atoms with E-state index < -0.39 is 0 Å². The number of fused-ring (bicyclic) bond motifs is 1. The molecular weight excluding hydrogens is 294 g/mol. The highest BCUT2D eigenvalue weighted by Crippen LogP contribution is 2.43. The smallest absolute Gasteiger partial charge is 0.0668 e. The van der Waals surface area contributed by atoms with Crippen molar-refractivity contribution in [3.05, 3.63) is 28.2 Å². The van der Waals surface area contributed by atoms with Crippen LogP contribution in [0.15, 0.2) is 27.7 Å². The Morgan fingerprint density at radius 2 is 2.18 bits per heavy atom. The highest BCUT2D eigenvalue weighted by atomic mass is 79.9. The van der Waals surface area contributed by atoms with Crippen LogP contribution in [0.2, 0.25) is 0 Å². The molecule has 0 N–H and O–H groups in total. The molecule has 92 valence electrons. The summed E-state index contributed by atoms with van der Waals surface area (Å²) < 4.78 is 1.14. The van der Waals surface area contributed by atoms with Gasteiger partial charge < -0.3 is 0 Å². The van der Waals surface area contributed by atoms with Crippen molar-refractivity contribution in [3.63, 3.8) is 0 Å². The molecule has 1 aromatic carbocycles. The van der Waals surface area contributed by atoms with Crippen LogP contribution in [0, 0.1) is 0 Å². The minimum absolute atomic E-state index is 0.122. The van der Waals surface area contributed by atoms with E-state index in [1.165, 1.54) is 24.8 Å². The first-order valence-electron chi connectivity index (χ1n) is 6.18. The van der Waals surface area contributed by atoms with E-state index in [0.717, 1.165) is 22.3 Å². The third kappa shape index (κ3) is 2.60. The molecule has 1 aliphatic heterocycles. The molecule has 2 rings (SSSR count). The Balaban J connectivity index is 2.36. The molecule has 3 heteroatoms. The van der Waals surface area contributed by atoms with Gasteiger partial charge in [0.25, 0.3) is 0 Å². The van der Waals surface area contributed by atoms with E-state index in [1.54, 1.807) is 0 Å². The summed E-state index contributed by atoms with van der Waals surface area (Å²) >= 11 is 7.98. The first-order valence-corrected chi connectivity index (χ1v) is 7.60. The fourth-order valence-corrected chi connectivity index (χ4v) is 3.26. The topological polar surface area (TPSA) is 12.4 Å². The predicted molar refractivity (Wildman–Crippen MR) is 82.0 cm³/mol. The van der Waals surface area contributed by atoms with Crippen molar-refractivity contribution in [2.45, 2.75) is 38.0 Å². The van der Waals surface area contributed by atoms with Crippen LogP contribution in [0.3, 0.4) is 0 Å². The van der Waals surface area contributed by atoms with Gasteiger partial charge in [0.2, 0.25) is 0 Å². The third-order valence-corrected chi connectivity index (χ3v) is 4.20. The van der Waals surface area contributed by atoms with Gasteiger partial charge in [-0.15, -0.1) is 0 Å². The molecular formula is C14H18BrNS. The summed E-state index contributed by atoms with van der Waals surface area (Å²) in [5.41, 5.74) is 2.62. The summed E-state index contributed by atoms with van der Waals surface area (Å²) in [6, 6.07) is 6.39. The molecule has 0 radical (unpaired) electrons. The number of thiol groups is 1. The Morgan fingerprint density at radius 3 is 2.88 bits per heavy atom. The molecule has 17 heavy (non-hydrogen) atoms. The standard InChI is InChI=1S/C14H18BrNS/c1-2-3-6-14(7-8-17)10-16-13-5-4-11(15)9-12(13)14/h4-5,9-10,17H,2-3,6-8H2,1H3. The zero-order valence-corrected chi connectivity index (χ0v) is 12.6. The van der Waals surface area contributed by atoms with Crippen molar-refractivity contribution in [3.8, 4) is 0 Å². The van der Waals surface area contributed by atoms with Crippen LogP contribution in [0.4, 0.5) is 5.69 Å². The Kier molecular flexibility index (Phi) is 4.31. The van der Waals surface area contributed by atoms with Crippen molar-refractivity contribution in [2.24, 2.45) is 4.99 Å². The van der Waals surface area contributed by atoms with Gasteiger partial charge in [-0.05, 0) is 42.4 Å². The molecule has 1 unspecified atom stereocenters. The zero-order chi connectivity index (χ0) is 12.3. The molecule has 0 spiro atoms. The molecule has 0 fully saturated rings. The van der Waals surface area contributed by atoms with Crippen LogP contribution in [0.1, 0.15) is 38.2 Å². The van der Waals surface area contributed by atoms with Crippen LogP contribution in [0.25, 0.3) is 0 Å². The number of unbranched alkanes of at least 4 members (excludes halogenated alkanes) is 1. The van der Waals surface area contributed by atoms with E-state index >= 15 is 0 Å². The maximum absolute atomic E-state index is 4.59. The van der Waals surface area contributed by atoms with Crippen LogP contribution in [-0.2, 0) is 5.41 Å². The molecule has 1 aromatic rings. The lowest BCUT2D eigenvalue weighted by Crippen LogP contribution is -2.26. The number of rotatable bonds is 5. The maximum Gasteiger partial charge on any atom is 0.0668 e. The second kappa shape index (κ2) is 5.57. The summed E-state index contributed by atoms with van der Waals surface area (Å²) in [6.07, 6.45) is 6.87. The van der Waals surface area contributed by atoms with E-state index in [9.17, 15) is 0 Å². The van der Waals surface area contributed by atoms with Gasteiger partial charge >= 0.3 is 0 Å². The number of aliphatic imine (C=N–C) groups is 1. The van der Waals surface area contributed by atoms with Crippen molar-refractivity contribution in [2.75, 3.05) is 5.75 Å². The average Bonchev–Trinajstić information content (AvgIpc) is 2.67. The number of halogens is 1. The minimum atomic E-state index is 0.122. The molecule has 0 saturated carbocycles. The highest BCUT2D eigenvalue weighted by molar-refractivity contribution is 9.10. The molecule has 0 bridgehead atoms. The van der Waals surface area contributed by atoms with Crippen LogP contribution < -0.4 is 0 Å². The van der Waals surface area contributed by atoms with Gasteiger partial charge in [0.1, 0.15) is 0 Å². The zero-order valence-electron chi connectivity index (χ0n) is 10.1. The molecule has 1 nitrogen and oxygen atoms in total.